The summed E-state index contributed by atoms with van der Waals surface area (Å²) in [6, 6.07) is 16.5. The molecule has 2 N–H and O–H groups in total. The molecule has 3 fully saturated rings. The van der Waals surface area contributed by atoms with Crippen LogP contribution in [0.4, 0.5) is 5.69 Å². The Morgan fingerprint density at radius 1 is 1.00 bits per heavy atom. The fourth-order valence-electron chi connectivity index (χ4n) is 7.67. The highest BCUT2D eigenvalue weighted by molar-refractivity contribution is 8.00. The number of ether oxygens (including phenoxy) is 1. The molecule has 1 saturated heterocycles. The SMILES string of the molecule is CCOC(=O)c1ccc(NC(=O)CCN2C(=O)C3C4CC(C3C2=O)C2C(c3ccccc3)c3sc(=O)[nH]c3SC42)cc1. The zero-order valence-electron chi connectivity index (χ0n) is 22.8. The van der Waals surface area contributed by atoms with Gasteiger partial charge in [0, 0.05) is 34.7 Å². The lowest BCUT2D eigenvalue weighted by atomic mass is 9.68. The van der Waals surface area contributed by atoms with Gasteiger partial charge in [0.2, 0.25) is 17.7 Å². The number of H-pyrrole nitrogens is 1. The Labute approximate surface area is 250 Å². The number of aromatic amines is 1. The number of carbonyl (C=O) groups is 4. The molecule has 2 aliphatic heterocycles. The molecule has 4 aliphatic rings. The van der Waals surface area contributed by atoms with E-state index in [1.807, 2.05) is 18.2 Å². The molecule has 3 heterocycles. The van der Waals surface area contributed by atoms with E-state index >= 15 is 0 Å². The summed E-state index contributed by atoms with van der Waals surface area (Å²) in [6.45, 7) is 2.04. The fraction of sp³-hybridized carbons (Fsp3) is 0.387. The molecule has 216 valence electrons. The first kappa shape index (κ1) is 27.2. The highest BCUT2D eigenvalue weighted by atomic mass is 32.2. The maximum Gasteiger partial charge on any atom is 0.338 e. The Bertz CT molecular complexity index is 1630. The minimum Gasteiger partial charge on any atom is -0.462 e. The summed E-state index contributed by atoms with van der Waals surface area (Å²) in [5, 5.41) is 3.81. The van der Waals surface area contributed by atoms with E-state index < -0.39 is 5.97 Å². The average Bonchev–Trinajstić information content (AvgIpc) is 3.72. The highest BCUT2D eigenvalue weighted by Gasteiger charge is 2.69. The van der Waals surface area contributed by atoms with E-state index in [9.17, 15) is 24.0 Å². The van der Waals surface area contributed by atoms with Crippen molar-refractivity contribution in [1.82, 2.24) is 9.88 Å². The van der Waals surface area contributed by atoms with Gasteiger partial charge in [-0.15, -0.1) is 11.8 Å². The zero-order valence-corrected chi connectivity index (χ0v) is 24.4. The number of aromatic nitrogens is 1. The number of nitrogens with zero attached hydrogens (tertiary/aromatic N) is 1. The molecule has 2 aromatic carbocycles. The van der Waals surface area contributed by atoms with Crippen LogP contribution >= 0.6 is 23.1 Å². The first-order chi connectivity index (χ1) is 20.4. The lowest BCUT2D eigenvalue weighted by molar-refractivity contribution is -0.141. The van der Waals surface area contributed by atoms with Crippen LogP contribution in [0.3, 0.4) is 0 Å². The Balaban J connectivity index is 1.07. The van der Waals surface area contributed by atoms with Gasteiger partial charge in [0.05, 0.1) is 29.0 Å². The number of rotatable bonds is 7. The molecule has 11 heteroatoms. The van der Waals surface area contributed by atoms with Gasteiger partial charge < -0.3 is 15.0 Å². The van der Waals surface area contributed by atoms with Gasteiger partial charge in [0.15, 0.2) is 0 Å². The summed E-state index contributed by atoms with van der Waals surface area (Å²) in [7, 11) is 0. The predicted octanol–water partition coefficient (Wildman–Crippen LogP) is 4.12. The molecule has 7 unspecified atom stereocenters. The van der Waals surface area contributed by atoms with Crippen molar-refractivity contribution in [1.29, 1.82) is 0 Å². The van der Waals surface area contributed by atoms with Crippen LogP contribution in [0.5, 0.6) is 0 Å². The molecule has 0 spiro atoms. The van der Waals surface area contributed by atoms with Gasteiger partial charge in [-0.3, -0.25) is 24.1 Å². The van der Waals surface area contributed by atoms with Crippen LogP contribution in [0.25, 0.3) is 0 Å². The molecule has 42 heavy (non-hydrogen) atoms. The summed E-state index contributed by atoms with van der Waals surface area (Å²) in [4.78, 5) is 69.6. The molecule has 2 bridgehead atoms. The van der Waals surface area contributed by atoms with Crippen LogP contribution in [0.2, 0.25) is 0 Å². The summed E-state index contributed by atoms with van der Waals surface area (Å²) >= 11 is 2.92. The Morgan fingerprint density at radius 3 is 2.43 bits per heavy atom. The second-order valence-electron chi connectivity index (χ2n) is 11.3. The average molecular weight is 604 g/mol. The quantitative estimate of drug-likeness (QED) is 0.308. The predicted molar refractivity (Wildman–Crippen MR) is 157 cm³/mol. The maximum absolute atomic E-state index is 13.7. The van der Waals surface area contributed by atoms with Gasteiger partial charge in [-0.1, -0.05) is 41.7 Å². The van der Waals surface area contributed by atoms with Crippen LogP contribution in [0.1, 0.15) is 46.5 Å². The molecule has 7 atom stereocenters. The van der Waals surface area contributed by atoms with Crippen molar-refractivity contribution in [3.8, 4) is 0 Å². The van der Waals surface area contributed by atoms with E-state index in [1.54, 1.807) is 43.0 Å². The van der Waals surface area contributed by atoms with Crippen LogP contribution in [0.15, 0.2) is 64.4 Å². The van der Waals surface area contributed by atoms with Gasteiger partial charge in [-0.2, -0.15) is 0 Å². The topological polar surface area (TPSA) is 126 Å². The van der Waals surface area contributed by atoms with E-state index in [4.69, 9.17) is 4.74 Å². The number of carbonyl (C=O) groups excluding carboxylic acids is 4. The number of benzene rings is 2. The molecule has 0 radical (unpaired) electrons. The second-order valence-corrected chi connectivity index (χ2v) is 13.5. The smallest absolute Gasteiger partial charge is 0.338 e. The van der Waals surface area contributed by atoms with Crippen LogP contribution in [-0.2, 0) is 19.1 Å². The number of hydrogen-bond donors (Lipinski definition) is 2. The number of likely N-dealkylation sites (tertiary alicyclic amines) is 1. The van der Waals surface area contributed by atoms with E-state index in [2.05, 4.69) is 22.4 Å². The van der Waals surface area contributed by atoms with E-state index in [1.165, 1.54) is 16.2 Å². The number of thioether (sulfide) groups is 1. The number of thiazole rings is 1. The summed E-state index contributed by atoms with van der Waals surface area (Å²) in [5.41, 5.74) is 2.04. The van der Waals surface area contributed by atoms with Crippen molar-refractivity contribution in [2.24, 2.45) is 29.6 Å². The molecule has 2 aliphatic carbocycles. The number of nitrogens with one attached hydrogen (secondary N) is 2. The standard InChI is InChI=1S/C31H29N3O6S2/c1-2-40-30(38)16-8-10-17(11-9-16)32-20(35)12-13-34-28(36)23-18-14-19(24(23)29(34)37)25-22(18)21(15-6-4-3-5-7-15)26-27(41-25)33-31(39)42-26/h3-11,18-19,21-25H,2,12-14H2,1H3,(H,32,35)(H,33,39). The lowest BCUT2D eigenvalue weighted by Crippen LogP contribution is -2.42. The van der Waals surface area contributed by atoms with Crippen molar-refractivity contribution in [2.75, 3.05) is 18.5 Å². The summed E-state index contributed by atoms with van der Waals surface area (Å²) in [6.07, 6.45) is 0.812. The summed E-state index contributed by atoms with van der Waals surface area (Å²) in [5.74, 6) is -1.61. The largest absolute Gasteiger partial charge is 0.462 e. The van der Waals surface area contributed by atoms with Gasteiger partial charge in [-0.25, -0.2) is 4.79 Å². The van der Waals surface area contributed by atoms with Gasteiger partial charge in [-0.05, 0) is 60.9 Å². The van der Waals surface area contributed by atoms with Gasteiger partial charge in [0.1, 0.15) is 0 Å². The number of hydrogen-bond acceptors (Lipinski definition) is 8. The highest BCUT2D eigenvalue weighted by Crippen LogP contribution is 2.68. The molecule has 3 aromatic rings. The number of esters is 1. The first-order valence-electron chi connectivity index (χ1n) is 14.2. The lowest BCUT2D eigenvalue weighted by Gasteiger charge is -2.43. The van der Waals surface area contributed by atoms with E-state index in [-0.39, 0.29) is 82.9 Å². The third kappa shape index (κ3) is 4.32. The molecule has 9 nitrogen and oxygen atoms in total. The Kier molecular flexibility index (Phi) is 6.81. The van der Waals surface area contributed by atoms with Crippen molar-refractivity contribution in [3.63, 3.8) is 0 Å². The molecular formula is C31H29N3O6S2. The monoisotopic (exact) mass is 603 g/mol. The normalized spacial score (nSPS) is 28.8. The van der Waals surface area contributed by atoms with Gasteiger partial charge >= 0.3 is 10.8 Å². The summed E-state index contributed by atoms with van der Waals surface area (Å²) < 4.78 is 4.98. The van der Waals surface area contributed by atoms with Crippen LogP contribution < -0.4 is 10.2 Å². The number of amides is 3. The van der Waals surface area contributed by atoms with Gasteiger partial charge in [0.25, 0.3) is 0 Å². The van der Waals surface area contributed by atoms with E-state index in [0.717, 1.165) is 21.9 Å². The number of imide groups is 1. The Morgan fingerprint density at radius 2 is 1.71 bits per heavy atom. The maximum atomic E-state index is 13.7. The first-order valence-corrected chi connectivity index (χ1v) is 15.9. The Hall–Kier alpha value is -3.70. The minimum absolute atomic E-state index is 0.00490. The second kappa shape index (κ2) is 10.5. The number of fused-ring (bicyclic) bond motifs is 9. The molecule has 3 amide bonds. The molecule has 7 rings (SSSR count). The molecule has 2 saturated carbocycles. The van der Waals surface area contributed by atoms with Crippen molar-refractivity contribution in [3.05, 3.63) is 80.3 Å². The molecule has 1 aromatic heterocycles. The van der Waals surface area contributed by atoms with Crippen LogP contribution in [-0.4, -0.2) is 52.0 Å². The van der Waals surface area contributed by atoms with Crippen molar-refractivity contribution in [2.45, 2.75) is 36.0 Å². The third-order valence-corrected chi connectivity index (χ3v) is 11.8. The fourth-order valence-corrected chi connectivity index (χ4v) is 10.6. The van der Waals surface area contributed by atoms with E-state index in [0.29, 0.717) is 11.3 Å². The van der Waals surface area contributed by atoms with Crippen LogP contribution in [0, 0.1) is 29.6 Å². The minimum atomic E-state index is -0.432. The third-order valence-electron chi connectivity index (χ3n) is 9.22. The van der Waals surface area contributed by atoms with Crippen molar-refractivity contribution < 1.29 is 23.9 Å². The number of anilines is 1. The van der Waals surface area contributed by atoms with Crippen molar-refractivity contribution >= 4 is 52.5 Å². The molecular weight excluding hydrogens is 574 g/mol. The zero-order chi connectivity index (χ0) is 29.1.